The van der Waals surface area contributed by atoms with Crippen LogP contribution in [-0.2, 0) is 27.9 Å². The molecule has 1 aliphatic carbocycles. The van der Waals surface area contributed by atoms with Crippen molar-refractivity contribution in [1.82, 2.24) is 9.62 Å². The fourth-order valence-corrected chi connectivity index (χ4v) is 6.31. The summed E-state index contributed by atoms with van der Waals surface area (Å²) >= 11 is 0. The van der Waals surface area contributed by atoms with Crippen molar-refractivity contribution in [2.75, 3.05) is 6.54 Å². The lowest BCUT2D eigenvalue weighted by molar-refractivity contribution is -0.132. The number of benzene rings is 3. The number of carbonyl (C=O) groups is 1. The van der Waals surface area contributed by atoms with Crippen molar-refractivity contribution in [3.63, 3.8) is 0 Å². The maximum Gasteiger partial charge on any atom is 0.243 e. The number of nitrogens with zero attached hydrogens (tertiary/aromatic N) is 1. The van der Waals surface area contributed by atoms with E-state index in [1.165, 1.54) is 0 Å². The van der Waals surface area contributed by atoms with Crippen LogP contribution < -0.4 is 5.32 Å². The van der Waals surface area contributed by atoms with Gasteiger partial charge in [-0.2, -0.15) is 4.31 Å². The molecule has 4 rings (SSSR count). The van der Waals surface area contributed by atoms with E-state index in [1.807, 2.05) is 73.7 Å². The van der Waals surface area contributed by atoms with Crippen molar-refractivity contribution in [3.8, 4) is 0 Å². The Hall–Kier alpha value is -2.96. The van der Waals surface area contributed by atoms with Crippen molar-refractivity contribution in [2.45, 2.75) is 50.6 Å². The molecule has 0 unspecified atom stereocenters. The average molecular weight is 491 g/mol. The third-order valence-electron chi connectivity index (χ3n) is 7.10. The summed E-state index contributed by atoms with van der Waals surface area (Å²) in [6.07, 6.45) is 3.15. The molecule has 0 aromatic heterocycles. The quantitative estimate of drug-likeness (QED) is 0.437. The largest absolute Gasteiger partial charge is 0.352 e. The molecule has 1 aliphatic rings. The predicted molar refractivity (Wildman–Crippen MR) is 139 cm³/mol. The van der Waals surface area contributed by atoms with Crippen LogP contribution >= 0.6 is 0 Å². The lowest BCUT2D eigenvalue weighted by atomic mass is 9.71. The molecule has 3 aromatic carbocycles. The summed E-state index contributed by atoms with van der Waals surface area (Å²) in [5.74, 6) is 0.296. The molecule has 0 heterocycles. The van der Waals surface area contributed by atoms with E-state index >= 15 is 0 Å². The summed E-state index contributed by atoms with van der Waals surface area (Å²) in [6.45, 7) is 3.35. The second-order valence-corrected chi connectivity index (χ2v) is 11.7. The van der Waals surface area contributed by atoms with Crippen LogP contribution in [0.4, 0.5) is 0 Å². The van der Waals surface area contributed by atoms with E-state index in [4.69, 9.17) is 0 Å². The lowest BCUT2D eigenvalue weighted by Crippen LogP contribution is -2.43. The van der Waals surface area contributed by atoms with Gasteiger partial charge in [0.15, 0.2) is 0 Å². The third kappa shape index (κ3) is 6.38. The number of amides is 1. The van der Waals surface area contributed by atoms with Gasteiger partial charge in [-0.05, 0) is 54.9 Å². The van der Waals surface area contributed by atoms with E-state index in [0.717, 1.165) is 36.8 Å². The molecule has 0 bridgehead atoms. The normalized spacial score (nSPS) is 20.5. The van der Waals surface area contributed by atoms with Crippen LogP contribution in [0.3, 0.4) is 0 Å². The van der Waals surface area contributed by atoms with Crippen molar-refractivity contribution < 1.29 is 13.2 Å². The van der Waals surface area contributed by atoms with E-state index in [9.17, 15) is 13.2 Å². The van der Waals surface area contributed by atoms with Gasteiger partial charge in [0.25, 0.3) is 0 Å². The maximum atomic E-state index is 13.5. The summed E-state index contributed by atoms with van der Waals surface area (Å²) in [6, 6.07) is 28.3. The standard InChI is InChI=1S/C29H34N2O3S/c1-29(28(32)30-21-24-11-5-2-6-12-24)19-17-26(18-20-29)23-31(22-25-13-7-3-8-14-25)35(33,34)27-15-9-4-10-16-27/h2-16,26H,17-23H2,1H3,(H,30,32). The minimum absolute atomic E-state index is 0.0813. The highest BCUT2D eigenvalue weighted by Gasteiger charge is 2.38. The molecule has 1 fully saturated rings. The van der Waals surface area contributed by atoms with E-state index in [0.29, 0.717) is 24.5 Å². The summed E-state index contributed by atoms with van der Waals surface area (Å²) < 4.78 is 28.7. The van der Waals surface area contributed by atoms with Crippen LogP contribution in [0.5, 0.6) is 0 Å². The SMILES string of the molecule is CC1(C(=O)NCc2ccccc2)CCC(CN(Cc2ccccc2)S(=O)(=O)c2ccccc2)CC1. The summed E-state index contributed by atoms with van der Waals surface area (Å²) in [4.78, 5) is 13.3. The van der Waals surface area contributed by atoms with Gasteiger partial charge >= 0.3 is 0 Å². The molecular formula is C29H34N2O3S. The molecule has 184 valence electrons. The van der Waals surface area contributed by atoms with Crippen molar-refractivity contribution in [2.24, 2.45) is 11.3 Å². The average Bonchev–Trinajstić information content (AvgIpc) is 2.90. The van der Waals surface area contributed by atoms with E-state index in [-0.39, 0.29) is 11.8 Å². The number of sulfonamides is 1. The zero-order chi connectivity index (χ0) is 24.7. The predicted octanol–water partition coefficient (Wildman–Crippen LogP) is 5.39. The number of carbonyl (C=O) groups excluding carboxylic acids is 1. The molecule has 0 spiro atoms. The Morgan fingerprint density at radius 2 is 1.37 bits per heavy atom. The topological polar surface area (TPSA) is 66.5 Å². The molecule has 0 aliphatic heterocycles. The first-order valence-electron chi connectivity index (χ1n) is 12.3. The van der Waals surface area contributed by atoms with Crippen molar-refractivity contribution in [3.05, 3.63) is 102 Å². The molecule has 1 amide bonds. The first-order chi connectivity index (χ1) is 16.9. The first-order valence-corrected chi connectivity index (χ1v) is 13.7. The van der Waals surface area contributed by atoms with Crippen LogP contribution in [0.2, 0.25) is 0 Å². The van der Waals surface area contributed by atoms with Gasteiger partial charge in [0.05, 0.1) is 4.90 Å². The van der Waals surface area contributed by atoms with Gasteiger partial charge in [-0.3, -0.25) is 4.79 Å². The second kappa shape index (κ2) is 11.2. The molecule has 0 saturated heterocycles. The molecule has 1 saturated carbocycles. The molecular weight excluding hydrogens is 456 g/mol. The molecule has 1 N–H and O–H groups in total. The molecule has 6 heteroatoms. The van der Waals surface area contributed by atoms with Crippen LogP contribution in [0, 0.1) is 11.3 Å². The van der Waals surface area contributed by atoms with E-state index in [2.05, 4.69) is 5.32 Å². The zero-order valence-corrected chi connectivity index (χ0v) is 21.1. The van der Waals surface area contributed by atoms with Crippen LogP contribution in [0.15, 0.2) is 95.9 Å². The minimum atomic E-state index is -3.63. The van der Waals surface area contributed by atoms with Gasteiger partial charge in [0.2, 0.25) is 15.9 Å². The summed E-state index contributed by atoms with van der Waals surface area (Å²) in [5, 5.41) is 3.10. The second-order valence-electron chi connectivity index (χ2n) is 9.77. The fraction of sp³-hybridized carbons (Fsp3) is 0.345. The zero-order valence-electron chi connectivity index (χ0n) is 20.3. The Bertz CT molecular complexity index is 1190. The Morgan fingerprint density at radius 1 is 0.857 bits per heavy atom. The Morgan fingerprint density at radius 3 is 1.94 bits per heavy atom. The number of hydrogen-bond donors (Lipinski definition) is 1. The molecule has 5 nitrogen and oxygen atoms in total. The van der Waals surface area contributed by atoms with Crippen LogP contribution in [0.25, 0.3) is 0 Å². The lowest BCUT2D eigenvalue weighted by Gasteiger charge is -2.37. The third-order valence-corrected chi connectivity index (χ3v) is 8.92. The first kappa shape index (κ1) is 25.1. The Labute approximate surface area is 209 Å². The summed E-state index contributed by atoms with van der Waals surface area (Å²) in [7, 11) is -3.63. The van der Waals surface area contributed by atoms with Gasteiger partial charge in [-0.1, -0.05) is 85.8 Å². The minimum Gasteiger partial charge on any atom is -0.352 e. The van der Waals surface area contributed by atoms with Crippen molar-refractivity contribution >= 4 is 15.9 Å². The van der Waals surface area contributed by atoms with Gasteiger partial charge in [-0.15, -0.1) is 0 Å². The highest BCUT2D eigenvalue weighted by molar-refractivity contribution is 7.89. The van der Waals surface area contributed by atoms with Crippen molar-refractivity contribution in [1.29, 1.82) is 0 Å². The van der Waals surface area contributed by atoms with Gasteiger partial charge in [0, 0.05) is 25.0 Å². The molecule has 35 heavy (non-hydrogen) atoms. The van der Waals surface area contributed by atoms with E-state index < -0.39 is 15.4 Å². The van der Waals surface area contributed by atoms with Crippen LogP contribution in [-0.4, -0.2) is 25.2 Å². The highest BCUT2D eigenvalue weighted by Crippen LogP contribution is 2.40. The maximum absolute atomic E-state index is 13.5. The fourth-order valence-electron chi connectivity index (χ4n) is 4.78. The van der Waals surface area contributed by atoms with Crippen LogP contribution in [0.1, 0.15) is 43.7 Å². The Kier molecular flexibility index (Phi) is 8.04. The van der Waals surface area contributed by atoms with Gasteiger partial charge < -0.3 is 5.32 Å². The van der Waals surface area contributed by atoms with Gasteiger partial charge in [-0.25, -0.2) is 8.42 Å². The molecule has 0 radical (unpaired) electrons. The molecule has 0 atom stereocenters. The molecule has 3 aromatic rings. The number of hydrogen-bond acceptors (Lipinski definition) is 3. The van der Waals surface area contributed by atoms with Gasteiger partial charge in [0.1, 0.15) is 0 Å². The highest BCUT2D eigenvalue weighted by atomic mass is 32.2. The smallest absolute Gasteiger partial charge is 0.243 e. The number of nitrogens with one attached hydrogen (secondary N) is 1. The number of rotatable bonds is 9. The summed E-state index contributed by atoms with van der Waals surface area (Å²) in [5.41, 5.74) is 1.63. The Balaban J connectivity index is 1.41. The monoisotopic (exact) mass is 490 g/mol. The van der Waals surface area contributed by atoms with E-state index in [1.54, 1.807) is 28.6 Å².